The average Bonchev–Trinajstić information content (AvgIpc) is 3.04. The Labute approximate surface area is 118 Å². The minimum Gasteiger partial charge on any atom is -0.439 e. The third-order valence-corrected chi connectivity index (χ3v) is 3.99. The minimum atomic E-state index is 0.241. The predicted molar refractivity (Wildman–Crippen MR) is 75.1 cm³/mol. The maximum atomic E-state index is 5.66. The summed E-state index contributed by atoms with van der Waals surface area (Å²) < 4.78 is 7.40. The zero-order valence-corrected chi connectivity index (χ0v) is 12.0. The molecule has 5 nitrogen and oxygen atoms in total. The number of para-hydroxylation sites is 2. The number of nitrogens with zero attached hydrogens (tertiary/aromatic N) is 4. The lowest BCUT2D eigenvalue weighted by molar-refractivity contribution is 0.485. The van der Waals surface area contributed by atoms with Gasteiger partial charge in [-0.3, -0.25) is 0 Å². The van der Waals surface area contributed by atoms with Crippen LogP contribution in [0.3, 0.4) is 0 Å². The number of hydrogen-bond acceptors (Lipinski definition) is 4. The van der Waals surface area contributed by atoms with E-state index in [1.165, 1.54) is 0 Å². The van der Waals surface area contributed by atoms with Crippen LogP contribution in [0.2, 0.25) is 0 Å². The van der Waals surface area contributed by atoms with Crippen LogP contribution in [0, 0.1) is 0 Å². The molecule has 19 heavy (non-hydrogen) atoms. The Morgan fingerprint density at radius 3 is 3.00 bits per heavy atom. The number of rotatable bonds is 4. The van der Waals surface area contributed by atoms with Gasteiger partial charge in [-0.2, -0.15) is 0 Å². The van der Waals surface area contributed by atoms with Crippen molar-refractivity contribution in [1.82, 2.24) is 20.0 Å². The summed E-state index contributed by atoms with van der Waals surface area (Å²) in [5, 5.41) is 8.22. The summed E-state index contributed by atoms with van der Waals surface area (Å²) >= 11 is 3.56. The highest BCUT2D eigenvalue weighted by Gasteiger charge is 2.11. The van der Waals surface area contributed by atoms with Crippen molar-refractivity contribution in [3.63, 3.8) is 0 Å². The Balaban J connectivity index is 1.82. The van der Waals surface area contributed by atoms with Gasteiger partial charge >= 0.3 is 0 Å². The molecule has 1 unspecified atom stereocenters. The summed E-state index contributed by atoms with van der Waals surface area (Å²) in [6.07, 6.45) is 2.89. The predicted octanol–water partition coefficient (Wildman–Crippen LogP) is 3.31. The SMILES string of the molecule is CCC(Br)c1cn(Cc2nc3ccccc3o2)nn1. The highest BCUT2D eigenvalue weighted by atomic mass is 79.9. The molecule has 1 aromatic carbocycles. The van der Waals surface area contributed by atoms with Gasteiger partial charge in [0.15, 0.2) is 5.58 Å². The normalized spacial score (nSPS) is 12.9. The maximum Gasteiger partial charge on any atom is 0.217 e. The summed E-state index contributed by atoms with van der Waals surface area (Å²) in [5.74, 6) is 0.639. The maximum absolute atomic E-state index is 5.66. The van der Waals surface area contributed by atoms with Gasteiger partial charge in [-0.1, -0.05) is 40.2 Å². The van der Waals surface area contributed by atoms with Gasteiger partial charge in [0.05, 0.1) is 16.7 Å². The molecule has 2 heterocycles. The van der Waals surface area contributed by atoms with Crippen molar-refractivity contribution in [3.05, 3.63) is 42.0 Å². The number of benzene rings is 1. The molecule has 98 valence electrons. The lowest BCUT2D eigenvalue weighted by Gasteiger charge is -1.98. The van der Waals surface area contributed by atoms with Gasteiger partial charge in [-0.25, -0.2) is 9.67 Å². The number of aromatic nitrogens is 4. The molecule has 0 N–H and O–H groups in total. The van der Waals surface area contributed by atoms with E-state index in [0.717, 1.165) is 23.2 Å². The zero-order valence-electron chi connectivity index (χ0n) is 10.5. The van der Waals surface area contributed by atoms with E-state index in [1.807, 2.05) is 30.5 Å². The molecule has 2 aromatic heterocycles. The third-order valence-electron chi connectivity index (χ3n) is 2.87. The molecule has 1 atom stereocenters. The standard InChI is InChI=1S/C13H13BrN4O/c1-2-9(14)11-7-18(17-16-11)8-13-15-10-5-3-4-6-12(10)19-13/h3-7,9H,2,8H2,1H3. The number of halogens is 1. The Bertz CT molecular complexity index is 658. The Kier molecular flexibility index (Phi) is 3.33. The summed E-state index contributed by atoms with van der Waals surface area (Å²) in [7, 11) is 0. The molecule has 0 fully saturated rings. The van der Waals surface area contributed by atoms with E-state index >= 15 is 0 Å². The van der Waals surface area contributed by atoms with Crippen molar-refractivity contribution >= 4 is 27.0 Å². The van der Waals surface area contributed by atoms with Crippen LogP contribution in [-0.4, -0.2) is 20.0 Å². The van der Waals surface area contributed by atoms with Crippen molar-refractivity contribution in [2.24, 2.45) is 0 Å². The molecule has 0 bridgehead atoms. The quantitative estimate of drug-likeness (QED) is 0.692. The highest BCUT2D eigenvalue weighted by molar-refractivity contribution is 9.09. The smallest absolute Gasteiger partial charge is 0.217 e. The van der Waals surface area contributed by atoms with Crippen LogP contribution in [0.4, 0.5) is 0 Å². The third kappa shape index (κ3) is 2.53. The molecule has 0 saturated carbocycles. The summed E-state index contributed by atoms with van der Waals surface area (Å²) in [6.45, 7) is 2.59. The summed E-state index contributed by atoms with van der Waals surface area (Å²) in [6, 6.07) is 7.71. The minimum absolute atomic E-state index is 0.241. The second kappa shape index (κ2) is 5.13. The van der Waals surface area contributed by atoms with Gasteiger partial charge in [0.1, 0.15) is 12.1 Å². The van der Waals surface area contributed by atoms with E-state index in [9.17, 15) is 0 Å². The van der Waals surface area contributed by atoms with Crippen LogP contribution < -0.4 is 0 Å². The van der Waals surface area contributed by atoms with Crippen LogP contribution >= 0.6 is 15.9 Å². The fourth-order valence-electron chi connectivity index (χ4n) is 1.87. The topological polar surface area (TPSA) is 56.7 Å². The molecule has 3 rings (SSSR count). The van der Waals surface area contributed by atoms with Gasteiger partial charge in [-0.15, -0.1) is 5.10 Å². The molecule has 0 saturated heterocycles. The number of fused-ring (bicyclic) bond motifs is 1. The van der Waals surface area contributed by atoms with Crippen LogP contribution in [0.15, 0.2) is 34.9 Å². The van der Waals surface area contributed by atoms with Crippen LogP contribution in [-0.2, 0) is 6.54 Å². The van der Waals surface area contributed by atoms with Gasteiger partial charge in [0.25, 0.3) is 0 Å². The molecule has 3 aromatic rings. The first-order chi connectivity index (χ1) is 9.26. The van der Waals surface area contributed by atoms with Crippen LogP contribution in [0.25, 0.3) is 11.1 Å². The van der Waals surface area contributed by atoms with E-state index in [0.29, 0.717) is 12.4 Å². The first kappa shape index (κ1) is 12.3. The number of alkyl halides is 1. The molecule has 0 aliphatic carbocycles. The van der Waals surface area contributed by atoms with Crippen LogP contribution in [0.1, 0.15) is 29.8 Å². The first-order valence-corrected chi connectivity index (χ1v) is 7.06. The molecule has 0 aliphatic rings. The number of oxazole rings is 1. The molecule has 0 spiro atoms. The van der Waals surface area contributed by atoms with E-state index < -0.39 is 0 Å². The van der Waals surface area contributed by atoms with Crippen molar-refractivity contribution in [3.8, 4) is 0 Å². The molecule has 6 heteroatoms. The average molecular weight is 321 g/mol. The lowest BCUT2D eigenvalue weighted by Crippen LogP contribution is -2.00. The highest BCUT2D eigenvalue weighted by Crippen LogP contribution is 2.23. The fraction of sp³-hybridized carbons (Fsp3) is 0.308. The molecule has 0 amide bonds. The zero-order chi connectivity index (χ0) is 13.2. The lowest BCUT2D eigenvalue weighted by atomic mass is 10.3. The second-order valence-electron chi connectivity index (χ2n) is 4.29. The Morgan fingerprint density at radius 2 is 2.21 bits per heavy atom. The first-order valence-electron chi connectivity index (χ1n) is 6.15. The van der Waals surface area contributed by atoms with Gasteiger partial charge in [0.2, 0.25) is 5.89 Å². The Morgan fingerprint density at radius 1 is 1.37 bits per heavy atom. The molecule has 0 radical (unpaired) electrons. The molecular weight excluding hydrogens is 308 g/mol. The van der Waals surface area contributed by atoms with Crippen molar-refractivity contribution in [2.75, 3.05) is 0 Å². The van der Waals surface area contributed by atoms with E-state index in [2.05, 4.69) is 38.1 Å². The molecular formula is C13H13BrN4O. The van der Waals surface area contributed by atoms with Crippen molar-refractivity contribution < 1.29 is 4.42 Å². The fourth-order valence-corrected chi connectivity index (χ4v) is 2.08. The Hall–Kier alpha value is -1.69. The van der Waals surface area contributed by atoms with E-state index in [-0.39, 0.29) is 4.83 Å². The van der Waals surface area contributed by atoms with Gasteiger partial charge in [-0.05, 0) is 18.6 Å². The largest absolute Gasteiger partial charge is 0.439 e. The van der Waals surface area contributed by atoms with E-state index in [4.69, 9.17) is 4.42 Å². The van der Waals surface area contributed by atoms with Crippen molar-refractivity contribution in [2.45, 2.75) is 24.7 Å². The number of hydrogen-bond donors (Lipinski definition) is 0. The van der Waals surface area contributed by atoms with Gasteiger partial charge < -0.3 is 4.42 Å². The van der Waals surface area contributed by atoms with Crippen molar-refractivity contribution in [1.29, 1.82) is 0 Å². The summed E-state index contributed by atoms with van der Waals surface area (Å²) in [4.78, 5) is 4.66. The van der Waals surface area contributed by atoms with E-state index in [1.54, 1.807) is 4.68 Å². The van der Waals surface area contributed by atoms with Gasteiger partial charge in [0, 0.05) is 0 Å². The summed E-state index contributed by atoms with van der Waals surface area (Å²) in [5.41, 5.74) is 2.59. The monoisotopic (exact) mass is 320 g/mol. The molecule has 0 aliphatic heterocycles. The van der Waals surface area contributed by atoms with Crippen LogP contribution in [0.5, 0.6) is 0 Å². The second-order valence-corrected chi connectivity index (χ2v) is 5.40.